The predicted octanol–water partition coefficient (Wildman–Crippen LogP) is 0.418. The summed E-state index contributed by atoms with van der Waals surface area (Å²) in [6.07, 6.45) is 2.87. The van der Waals surface area contributed by atoms with Gasteiger partial charge < -0.3 is 4.57 Å². The molecule has 1 aromatic heterocycles. The molecule has 0 atom stereocenters. The highest BCUT2D eigenvalue weighted by Crippen LogP contribution is 2.15. The molecule has 6 nitrogen and oxygen atoms in total. The molecule has 1 rings (SSSR count). The van der Waals surface area contributed by atoms with E-state index in [2.05, 4.69) is 4.98 Å². The van der Waals surface area contributed by atoms with Gasteiger partial charge in [0.25, 0.3) is 9.05 Å². The number of hydrogen-bond donors (Lipinski definition) is 0. The monoisotopic (exact) mass is 300 g/mol. The SMILES string of the molecule is CCc1nc(S(=O)(=O)Cl)cn1CCS(C)(=O)=O. The maximum absolute atomic E-state index is 11.1. The molecule has 17 heavy (non-hydrogen) atoms. The first-order chi connectivity index (χ1) is 7.63. The van der Waals surface area contributed by atoms with E-state index in [0.717, 1.165) is 6.26 Å². The average molecular weight is 301 g/mol. The number of aryl methyl sites for hydroxylation is 2. The van der Waals surface area contributed by atoms with Gasteiger partial charge in [0.15, 0.2) is 5.03 Å². The maximum Gasteiger partial charge on any atom is 0.280 e. The molecular weight excluding hydrogens is 288 g/mol. The second-order valence-corrected chi connectivity index (χ2v) is 8.38. The first kappa shape index (κ1) is 14.5. The zero-order chi connectivity index (χ0) is 13.3. The molecule has 0 saturated carbocycles. The third-order valence-corrected chi connectivity index (χ3v) is 4.20. The Kier molecular flexibility index (Phi) is 4.21. The van der Waals surface area contributed by atoms with E-state index in [0.29, 0.717) is 12.2 Å². The smallest absolute Gasteiger partial charge is 0.280 e. The number of hydrogen-bond acceptors (Lipinski definition) is 5. The molecule has 0 N–H and O–H groups in total. The van der Waals surface area contributed by atoms with Crippen molar-refractivity contribution in [2.75, 3.05) is 12.0 Å². The molecule has 0 aliphatic heterocycles. The van der Waals surface area contributed by atoms with Crippen LogP contribution in [0.4, 0.5) is 0 Å². The molecule has 0 amide bonds. The Morgan fingerprint density at radius 2 is 1.94 bits per heavy atom. The van der Waals surface area contributed by atoms with Gasteiger partial charge in [0.1, 0.15) is 15.7 Å². The first-order valence-electron chi connectivity index (χ1n) is 4.82. The third-order valence-electron chi connectivity index (χ3n) is 2.11. The molecule has 0 spiro atoms. The second kappa shape index (κ2) is 4.95. The Morgan fingerprint density at radius 1 is 1.35 bits per heavy atom. The van der Waals surface area contributed by atoms with Gasteiger partial charge in [-0.2, -0.15) is 0 Å². The standard InChI is InChI=1S/C8H13ClN2O4S2/c1-3-7-10-8(17(9,14)15)6-11(7)4-5-16(2,12)13/h6H,3-5H2,1-2H3. The summed E-state index contributed by atoms with van der Waals surface area (Å²) in [5, 5.41) is -0.246. The van der Waals surface area contributed by atoms with Crippen molar-refractivity contribution in [3.63, 3.8) is 0 Å². The molecule has 0 saturated heterocycles. The predicted molar refractivity (Wildman–Crippen MR) is 64.4 cm³/mol. The van der Waals surface area contributed by atoms with Crippen LogP contribution in [0.2, 0.25) is 0 Å². The van der Waals surface area contributed by atoms with Gasteiger partial charge in [-0.3, -0.25) is 0 Å². The van der Waals surface area contributed by atoms with Gasteiger partial charge in [0.05, 0.1) is 5.75 Å². The Balaban J connectivity index is 3.04. The summed E-state index contributed by atoms with van der Waals surface area (Å²) in [5.41, 5.74) is 0. The Labute approximate surface area is 105 Å². The lowest BCUT2D eigenvalue weighted by molar-refractivity contribution is 0.592. The molecule has 1 heterocycles. The van der Waals surface area contributed by atoms with E-state index in [1.165, 1.54) is 10.8 Å². The lowest BCUT2D eigenvalue weighted by atomic mass is 10.4. The molecule has 0 unspecified atom stereocenters. The summed E-state index contributed by atoms with van der Waals surface area (Å²) in [7, 11) is -1.81. The van der Waals surface area contributed by atoms with Crippen LogP contribution in [-0.2, 0) is 31.9 Å². The fourth-order valence-corrected chi connectivity index (χ4v) is 2.50. The van der Waals surface area contributed by atoms with Crippen LogP contribution < -0.4 is 0 Å². The topological polar surface area (TPSA) is 86.1 Å². The van der Waals surface area contributed by atoms with Crippen LogP contribution in [0.3, 0.4) is 0 Å². The van der Waals surface area contributed by atoms with Crippen molar-refractivity contribution >= 4 is 29.6 Å². The molecule has 0 fully saturated rings. The zero-order valence-electron chi connectivity index (χ0n) is 9.42. The Hall–Kier alpha value is -0.600. The number of aromatic nitrogens is 2. The van der Waals surface area contributed by atoms with E-state index in [1.807, 2.05) is 0 Å². The third kappa shape index (κ3) is 4.29. The Morgan fingerprint density at radius 3 is 2.35 bits per heavy atom. The molecule has 0 aliphatic carbocycles. The number of sulfone groups is 1. The summed E-state index contributed by atoms with van der Waals surface area (Å²) in [4.78, 5) is 3.85. The number of halogens is 1. The van der Waals surface area contributed by atoms with E-state index >= 15 is 0 Å². The Bertz CT molecular complexity index is 603. The summed E-state index contributed by atoms with van der Waals surface area (Å²) in [6.45, 7) is 1.96. The van der Waals surface area contributed by atoms with Gasteiger partial charge >= 0.3 is 0 Å². The summed E-state index contributed by atoms with van der Waals surface area (Å²) < 4.78 is 45.7. The summed E-state index contributed by atoms with van der Waals surface area (Å²) in [6, 6.07) is 0. The van der Waals surface area contributed by atoms with Gasteiger partial charge in [-0.1, -0.05) is 6.92 Å². The van der Waals surface area contributed by atoms with Crippen LogP contribution in [0.15, 0.2) is 11.2 Å². The number of rotatable bonds is 5. The fourth-order valence-electron chi connectivity index (χ4n) is 1.29. The quantitative estimate of drug-likeness (QED) is 0.736. The minimum atomic E-state index is -3.88. The van der Waals surface area contributed by atoms with Gasteiger partial charge in [-0.25, -0.2) is 21.8 Å². The van der Waals surface area contributed by atoms with E-state index in [4.69, 9.17) is 10.7 Å². The molecular formula is C8H13ClN2O4S2. The maximum atomic E-state index is 11.1. The molecule has 0 aromatic carbocycles. The van der Waals surface area contributed by atoms with Crippen molar-refractivity contribution < 1.29 is 16.8 Å². The molecule has 0 aliphatic rings. The highest BCUT2D eigenvalue weighted by atomic mass is 35.7. The van der Waals surface area contributed by atoms with Gasteiger partial charge in [0.2, 0.25) is 0 Å². The minimum Gasteiger partial charge on any atom is -0.332 e. The summed E-state index contributed by atoms with van der Waals surface area (Å²) in [5.74, 6) is 0.422. The van der Waals surface area contributed by atoms with Crippen LogP contribution >= 0.6 is 10.7 Å². The molecule has 0 bridgehead atoms. The van der Waals surface area contributed by atoms with Crippen molar-refractivity contribution in [1.29, 1.82) is 0 Å². The van der Waals surface area contributed by atoms with Crippen molar-refractivity contribution in [3.8, 4) is 0 Å². The van der Waals surface area contributed by atoms with Crippen molar-refractivity contribution in [2.45, 2.75) is 24.9 Å². The van der Waals surface area contributed by atoms with Crippen LogP contribution in [0, 0.1) is 0 Å². The van der Waals surface area contributed by atoms with Crippen molar-refractivity contribution in [3.05, 3.63) is 12.0 Å². The van der Waals surface area contributed by atoms with E-state index in [1.54, 1.807) is 6.92 Å². The van der Waals surface area contributed by atoms with Crippen molar-refractivity contribution in [2.24, 2.45) is 0 Å². The molecule has 0 radical (unpaired) electrons. The fraction of sp³-hybridized carbons (Fsp3) is 0.625. The van der Waals surface area contributed by atoms with Gasteiger partial charge in [0, 0.05) is 36.1 Å². The van der Waals surface area contributed by atoms with Crippen molar-refractivity contribution in [1.82, 2.24) is 9.55 Å². The highest BCUT2D eigenvalue weighted by molar-refractivity contribution is 8.13. The van der Waals surface area contributed by atoms with E-state index in [-0.39, 0.29) is 17.3 Å². The molecule has 1 aromatic rings. The first-order valence-corrected chi connectivity index (χ1v) is 9.19. The van der Waals surface area contributed by atoms with Crippen LogP contribution in [0.5, 0.6) is 0 Å². The highest BCUT2D eigenvalue weighted by Gasteiger charge is 2.17. The number of nitrogens with zero attached hydrogens (tertiary/aromatic N) is 2. The largest absolute Gasteiger partial charge is 0.332 e. The van der Waals surface area contributed by atoms with Crippen LogP contribution in [-0.4, -0.2) is 38.4 Å². The lowest BCUT2D eigenvalue weighted by Crippen LogP contribution is -2.12. The van der Waals surface area contributed by atoms with Crippen LogP contribution in [0.25, 0.3) is 0 Å². The summed E-state index contributed by atoms with van der Waals surface area (Å²) >= 11 is 0. The van der Waals surface area contributed by atoms with Gasteiger partial charge in [-0.05, 0) is 0 Å². The normalized spacial score (nSPS) is 12.9. The van der Waals surface area contributed by atoms with Gasteiger partial charge in [-0.15, -0.1) is 0 Å². The van der Waals surface area contributed by atoms with Crippen LogP contribution in [0.1, 0.15) is 12.7 Å². The molecule has 9 heteroatoms. The van der Waals surface area contributed by atoms with E-state index in [9.17, 15) is 16.8 Å². The second-order valence-electron chi connectivity index (χ2n) is 3.61. The van der Waals surface area contributed by atoms with E-state index < -0.39 is 18.9 Å². The average Bonchev–Trinajstić information content (AvgIpc) is 2.55. The number of imidazole rings is 1. The minimum absolute atomic E-state index is 0.0713. The molecule has 98 valence electrons. The zero-order valence-corrected chi connectivity index (χ0v) is 11.8. The lowest BCUT2D eigenvalue weighted by Gasteiger charge is -2.04.